The van der Waals surface area contributed by atoms with Crippen molar-refractivity contribution >= 4 is 33.4 Å². The number of rotatable bonds is 5. The summed E-state index contributed by atoms with van der Waals surface area (Å²) >= 11 is 3.47. The van der Waals surface area contributed by atoms with Gasteiger partial charge in [0.2, 0.25) is 0 Å². The first-order chi connectivity index (χ1) is 14.3. The first-order valence-electron chi connectivity index (χ1n) is 10.4. The summed E-state index contributed by atoms with van der Waals surface area (Å²) in [5.41, 5.74) is 2.95. The lowest BCUT2D eigenvalue weighted by Crippen LogP contribution is -2.38. The number of likely N-dealkylation sites (tertiary alicyclic amines) is 1. The molecule has 0 spiro atoms. The highest BCUT2D eigenvalue weighted by Crippen LogP contribution is 2.28. The molecule has 1 heterocycles. The number of ether oxygens (including phenoxy) is 1. The lowest BCUT2D eigenvalue weighted by Gasteiger charge is -2.31. The zero-order valence-electron chi connectivity index (χ0n) is 18.0. The smallest absolute Gasteiger partial charge is 0.265 e. The summed E-state index contributed by atoms with van der Waals surface area (Å²) in [6.07, 6.45) is 1.32. The maximum atomic E-state index is 13.0. The second-order valence-electron chi connectivity index (χ2n) is 8.14. The highest BCUT2D eigenvalue weighted by molar-refractivity contribution is 9.10. The maximum Gasteiger partial charge on any atom is 0.265 e. The lowest BCUT2D eigenvalue weighted by molar-refractivity contribution is -0.122. The number of para-hydroxylation sites is 1. The Morgan fingerprint density at radius 1 is 1.13 bits per heavy atom. The normalized spacial score (nSPS) is 15.6. The second kappa shape index (κ2) is 9.65. The Labute approximate surface area is 186 Å². The molecule has 30 heavy (non-hydrogen) atoms. The molecule has 0 radical (unpaired) electrons. The van der Waals surface area contributed by atoms with Crippen LogP contribution in [0.5, 0.6) is 5.75 Å². The Hall–Kier alpha value is -2.34. The SMILES string of the molecule is Cc1cc(Br)cc(C)c1OC(C)C(=O)Nc1ccccc1C(=O)N1CCC(C)CC1. The molecule has 0 bridgehead atoms. The van der Waals surface area contributed by atoms with E-state index in [0.29, 0.717) is 22.9 Å². The third kappa shape index (κ3) is 5.22. The molecule has 1 unspecified atom stereocenters. The van der Waals surface area contributed by atoms with Crippen molar-refractivity contribution in [1.29, 1.82) is 0 Å². The van der Waals surface area contributed by atoms with Gasteiger partial charge in [0.05, 0.1) is 11.3 Å². The molecule has 1 atom stereocenters. The molecule has 1 aliphatic rings. The van der Waals surface area contributed by atoms with E-state index in [2.05, 4.69) is 28.2 Å². The fourth-order valence-corrected chi connectivity index (χ4v) is 4.40. The van der Waals surface area contributed by atoms with E-state index in [0.717, 1.165) is 41.5 Å². The van der Waals surface area contributed by atoms with Crippen molar-refractivity contribution in [3.63, 3.8) is 0 Å². The Kier molecular flexibility index (Phi) is 7.19. The standard InChI is InChI=1S/C24H29BrN2O3/c1-15-9-11-27(12-10-15)24(29)20-7-5-6-8-21(20)26-23(28)18(4)30-22-16(2)13-19(25)14-17(22)3/h5-8,13-15,18H,9-12H2,1-4H3,(H,26,28). The van der Waals surface area contributed by atoms with E-state index in [9.17, 15) is 9.59 Å². The molecular formula is C24H29BrN2O3. The first kappa shape index (κ1) is 22.3. The minimum atomic E-state index is -0.706. The average molecular weight is 473 g/mol. The molecule has 0 aromatic heterocycles. The van der Waals surface area contributed by atoms with E-state index >= 15 is 0 Å². The highest BCUT2D eigenvalue weighted by atomic mass is 79.9. The summed E-state index contributed by atoms with van der Waals surface area (Å²) in [5.74, 6) is 1.02. The topological polar surface area (TPSA) is 58.6 Å². The van der Waals surface area contributed by atoms with E-state index in [1.165, 1.54) is 0 Å². The average Bonchev–Trinajstić information content (AvgIpc) is 2.71. The molecule has 0 aliphatic carbocycles. The summed E-state index contributed by atoms with van der Waals surface area (Å²) < 4.78 is 6.94. The van der Waals surface area contributed by atoms with Crippen LogP contribution in [-0.2, 0) is 4.79 Å². The van der Waals surface area contributed by atoms with Crippen molar-refractivity contribution in [3.8, 4) is 5.75 Å². The van der Waals surface area contributed by atoms with Gasteiger partial charge in [-0.2, -0.15) is 0 Å². The zero-order valence-corrected chi connectivity index (χ0v) is 19.6. The molecule has 6 heteroatoms. The fraction of sp³-hybridized carbons (Fsp3) is 0.417. The Bertz CT molecular complexity index is 913. The Morgan fingerprint density at radius 3 is 2.37 bits per heavy atom. The number of nitrogens with zero attached hydrogens (tertiary/aromatic N) is 1. The van der Waals surface area contributed by atoms with Gasteiger partial charge in [-0.25, -0.2) is 0 Å². The monoisotopic (exact) mass is 472 g/mol. The summed E-state index contributed by atoms with van der Waals surface area (Å²) in [4.78, 5) is 27.7. The number of hydrogen-bond donors (Lipinski definition) is 1. The fourth-order valence-electron chi connectivity index (χ4n) is 3.71. The molecule has 160 valence electrons. The van der Waals surface area contributed by atoms with Crippen LogP contribution in [0.25, 0.3) is 0 Å². The van der Waals surface area contributed by atoms with Crippen molar-refractivity contribution in [2.45, 2.75) is 46.6 Å². The molecule has 5 nitrogen and oxygen atoms in total. The van der Waals surface area contributed by atoms with Gasteiger partial charge in [-0.15, -0.1) is 0 Å². The summed E-state index contributed by atoms with van der Waals surface area (Å²) in [5, 5.41) is 2.89. The molecule has 2 aromatic rings. The molecule has 1 N–H and O–H groups in total. The number of benzene rings is 2. The van der Waals surface area contributed by atoms with Crippen LogP contribution in [0.4, 0.5) is 5.69 Å². The molecule has 0 saturated carbocycles. The van der Waals surface area contributed by atoms with Crippen LogP contribution in [0.15, 0.2) is 40.9 Å². The zero-order chi connectivity index (χ0) is 21.8. The number of hydrogen-bond acceptors (Lipinski definition) is 3. The van der Waals surface area contributed by atoms with Gasteiger partial charge in [0, 0.05) is 17.6 Å². The van der Waals surface area contributed by atoms with Crippen molar-refractivity contribution < 1.29 is 14.3 Å². The minimum Gasteiger partial charge on any atom is -0.480 e. The van der Waals surface area contributed by atoms with Crippen LogP contribution in [0.2, 0.25) is 0 Å². The maximum absolute atomic E-state index is 13.0. The van der Waals surface area contributed by atoms with Gasteiger partial charge >= 0.3 is 0 Å². The van der Waals surface area contributed by atoms with Crippen LogP contribution in [0.3, 0.4) is 0 Å². The largest absolute Gasteiger partial charge is 0.480 e. The summed E-state index contributed by atoms with van der Waals surface area (Å²) in [7, 11) is 0. The van der Waals surface area contributed by atoms with Crippen LogP contribution in [0, 0.1) is 19.8 Å². The van der Waals surface area contributed by atoms with Gasteiger partial charge < -0.3 is 15.0 Å². The lowest BCUT2D eigenvalue weighted by atomic mass is 9.98. The minimum absolute atomic E-state index is 0.0361. The quantitative estimate of drug-likeness (QED) is 0.638. The molecule has 1 fully saturated rings. The Balaban J connectivity index is 1.72. The van der Waals surface area contributed by atoms with E-state index in [1.807, 2.05) is 43.0 Å². The van der Waals surface area contributed by atoms with Gasteiger partial charge in [-0.1, -0.05) is 35.0 Å². The molecule has 3 rings (SSSR count). The predicted molar refractivity (Wildman–Crippen MR) is 123 cm³/mol. The van der Waals surface area contributed by atoms with Crippen LogP contribution in [-0.4, -0.2) is 35.9 Å². The molecule has 2 amide bonds. The van der Waals surface area contributed by atoms with Crippen molar-refractivity contribution in [3.05, 3.63) is 57.6 Å². The third-order valence-electron chi connectivity index (χ3n) is 5.58. The van der Waals surface area contributed by atoms with E-state index in [1.54, 1.807) is 19.1 Å². The third-order valence-corrected chi connectivity index (χ3v) is 6.03. The van der Waals surface area contributed by atoms with Crippen molar-refractivity contribution in [2.24, 2.45) is 5.92 Å². The number of nitrogens with one attached hydrogen (secondary N) is 1. The number of carbonyl (C=O) groups excluding carboxylic acids is 2. The van der Waals surface area contributed by atoms with E-state index < -0.39 is 6.10 Å². The van der Waals surface area contributed by atoms with Gasteiger partial charge in [-0.05, 0) is 74.9 Å². The van der Waals surface area contributed by atoms with Crippen LogP contribution in [0.1, 0.15) is 48.2 Å². The van der Waals surface area contributed by atoms with Gasteiger partial charge in [0.25, 0.3) is 11.8 Å². The van der Waals surface area contributed by atoms with Crippen molar-refractivity contribution in [1.82, 2.24) is 4.90 Å². The molecule has 2 aromatic carbocycles. The number of carbonyl (C=O) groups is 2. The van der Waals surface area contributed by atoms with Gasteiger partial charge in [0.15, 0.2) is 6.10 Å². The number of piperidine rings is 1. The van der Waals surface area contributed by atoms with E-state index in [-0.39, 0.29) is 11.8 Å². The number of anilines is 1. The van der Waals surface area contributed by atoms with E-state index in [4.69, 9.17) is 4.74 Å². The number of amides is 2. The number of aryl methyl sites for hydroxylation is 2. The summed E-state index contributed by atoms with van der Waals surface area (Å²) in [6.45, 7) is 9.34. The molecule has 1 aliphatic heterocycles. The molecular weight excluding hydrogens is 444 g/mol. The second-order valence-corrected chi connectivity index (χ2v) is 9.05. The first-order valence-corrected chi connectivity index (χ1v) is 11.2. The predicted octanol–water partition coefficient (Wildman–Crippen LogP) is 5.34. The highest BCUT2D eigenvalue weighted by Gasteiger charge is 2.25. The van der Waals surface area contributed by atoms with Gasteiger partial charge in [-0.3, -0.25) is 9.59 Å². The Morgan fingerprint density at radius 2 is 1.73 bits per heavy atom. The van der Waals surface area contributed by atoms with Crippen LogP contribution >= 0.6 is 15.9 Å². The van der Waals surface area contributed by atoms with Crippen LogP contribution < -0.4 is 10.1 Å². The summed E-state index contributed by atoms with van der Waals surface area (Å²) in [6, 6.07) is 11.1. The number of halogens is 1. The van der Waals surface area contributed by atoms with Gasteiger partial charge in [0.1, 0.15) is 5.75 Å². The molecule has 1 saturated heterocycles. The van der Waals surface area contributed by atoms with Crippen molar-refractivity contribution in [2.75, 3.05) is 18.4 Å².